The smallest absolute Gasteiger partial charge is 0.240 e. The van der Waals surface area contributed by atoms with E-state index in [4.69, 9.17) is 0 Å². The Morgan fingerprint density at radius 1 is 0.783 bits per heavy atom. The van der Waals surface area contributed by atoms with Gasteiger partial charge in [-0.25, -0.2) is 10.9 Å². The fraction of sp³-hybridized carbons (Fsp3) is 0.765. The van der Waals surface area contributed by atoms with Crippen LogP contribution >= 0.6 is 0 Å². The van der Waals surface area contributed by atoms with E-state index in [0.717, 1.165) is 25.7 Å². The van der Waals surface area contributed by atoms with Crippen LogP contribution in [0.4, 0.5) is 0 Å². The molecule has 6 nitrogen and oxygen atoms in total. The Kier molecular flexibility index (Phi) is 12.9. The van der Waals surface area contributed by atoms with Crippen molar-refractivity contribution in [2.75, 3.05) is 0 Å². The predicted octanol–water partition coefficient (Wildman–Crippen LogP) is 3.23. The van der Waals surface area contributed by atoms with E-state index >= 15 is 0 Å². The molecule has 0 rings (SSSR count). The first kappa shape index (κ1) is 21.3. The molecule has 0 spiro atoms. The molecule has 0 radical (unpaired) electrons. The van der Waals surface area contributed by atoms with Gasteiger partial charge in [0, 0.05) is 25.3 Å². The monoisotopic (exact) mass is 324 g/mol. The first-order chi connectivity index (χ1) is 11.1. The summed E-state index contributed by atoms with van der Waals surface area (Å²) in [6.45, 7) is 8.36. The van der Waals surface area contributed by atoms with Crippen LogP contribution in [0.2, 0.25) is 0 Å². The Morgan fingerprint density at radius 2 is 1.13 bits per heavy atom. The van der Waals surface area contributed by atoms with Gasteiger partial charge in [0.1, 0.15) is 0 Å². The fourth-order valence-corrected chi connectivity index (χ4v) is 1.95. The molecule has 0 aliphatic rings. The van der Waals surface area contributed by atoms with Crippen LogP contribution in [0.5, 0.6) is 0 Å². The summed E-state index contributed by atoms with van der Waals surface area (Å²) in [6, 6.07) is 0. The highest BCUT2D eigenvalue weighted by atomic mass is 16.2. The van der Waals surface area contributed by atoms with Crippen LogP contribution in [0.25, 0.3) is 0 Å². The molecule has 0 aromatic carbocycles. The van der Waals surface area contributed by atoms with Crippen molar-refractivity contribution < 1.29 is 9.59 Å². The Labute approximate surface area is 140 Å². The number of nitrogens with zero attached hydrogens (tertiary/aromatic N) is 2. The van der Waals surface area contributed by atoms with Crippen molar-refractivity contribution in [3.8, 4) is 0 Å². The van der Waals surface area contributed by atoms with Gasteiger partial charge in [-0.05, 0) is 43.9 Å². The third kappa shape index (κ3) is 11.5. The number of nitrogens with one attached hydrogen (secondary N) is 2. The molecule has 6 heteroatoms. The van der Waals surface area contributed by atoms with Crippen molar-refractivity contribution in [3.05, 3.63) is 0 Å². The Morgan fingerprint density at radius 3 is 1.43 bits per heavy atom. The van der Waals surface area contributed by atoms with Crippen molar-refractivity contribution in [2.45, 2.75) is 72.6 Å². The van der Waals surface area contributed by atoms with E-state index in [1.807, 2.05) is 0 Å². The van der Waals surface area contributed by atoms with Gasteiger partial charge in [-0.1, -0.05) is 27.7 Å². The van der Waals surface area contributed by atoms with Gasteiger partial charge in [-0.2, -0.15) is 10.2 Å². The second-order valence-corrected chi connectivity index (χ2v) is 5.63. The quantitative estimate of drug-likeness (QED) is 0.427. The number of hydrogen-bond acceptors (Lipinski definition) is 4. The molecule has 0 saturated heterocycles. The average molecular weight is 324 g/mol. The molecule has 0 aliphatic heterocycles. The van der Waals surface area contributed by atoms with E-state index in [0.29, 0.717) is 18.3 Å². The molecule has 0 saturated carbocycles. The molecule has 2 N–H and O–H groups in total. The molecule has 0 unspecified atom stereocenters. The third-order valence-corrected chi connectivity index (χ3v) is 3.85. The lowest BCUT2D eigenvalue weighted by Crippen LogP contribution is -2.21. The minimum atomic E-state index is -0.166. The van der Waals surface area contributed by atoms with Crippen molar-refractivity contribution in [1.82, 2.24) is 10.9 Å². The van der Waals surface area contributed by atoms with Crippen LogP contribution in [-0.2, 0) is 9.59 Å². The summed E-state index contributed by atoms with van der Waals surface area (Å²) in [5.41, 5.74) is 5.00. The Balaban J connectivity index is 3.84. The number of carbonyl (C=O) groups excluding carboxylic acids is 2. The Hall–Kier alpha value is -1.72. The molecule has 0 aromatic heterocycles. The highest BCUT2D eigenvalue weighted by molar-refractivity contribution is 5.79. The minimum absolute atomic E-state index is 0.166. The highest BCUT2D eigenvalue weighted by Crippen LogP contribution is 2.04. The van der Waals surface area contributed by atoms with Crippen molar-refractivity contribution in [1.29, 1.82) is 0 Å². The van der Waals surface area contributed by atoms with Gasteiger partial charge in [0.05, 0.1) is 0 Å². The van der Waals surface area contributed by atoms with Crippen LogP contribution in [0.15, 0.2) is 10.2 Å². The minimum Gasteiger partial charge on any atom is -0.273 e. The van der Waals surface area contributed by atoms with Crippen molar-refractivity contribution >= 4 is 24.2 Å². The number of hydrogen-bond donors (Lipinski definition) is 2. The number of hydrazone groups is 2. The fourth-order valence-electron chi connectivity index (χ4n) is 1.95. The lowest BCUT2D eigenvalue weighted by Gasteiger charge is -2.05. The lowest BCUT2D eigenvalue weighted by molar-refractivity contribution is -0.122. The van der Waals surface area contributed by atoms with E-state index in [1.165, 1.54) is 0 Å². The molecule has 0 bridgehead atoms. The van der Waals surface area contributed by atoms with E-state index in [9.17, 15) is 9.59 Å². The van der Waals surface area contributed by atoms with Gasteiger partial charge in [-0.3, -0.25) is 9.59 Å². The van der Waals surface area contributed by atoms with Crippen LogP contribution in [-0.4, -0.2) is 24.2 Å². The summed E-state index contributed by atoms with van der Waals surface area (Å²) < 4.78 is 0. The van der Waals surface area contributed by atoms with Crippen LogP contribution in [0.3, 0.4) is 0 Å². The molecule has 0 fully saturated rings. The van der Waals surface area contributed by atoms with Crippen molar-refractivity contribution in [2.24, 2.45) is 22.0 Å². The first-order valence-corrected chi connectivity index (χ1v) is 8.71. The van der Waals surface area contributed by atoms with Crippen LogP contribution < -0.4 is 10.9 Å². The maximum Gasteiger partial charge on any atom is 0.240 e. The summed E-state index contributed by atoms with van der Waals surface area (Å²) >= 11 is 0. The Bertz CT molecular complexity index is 350. The molecule has 0 heterocycles. The zero-order chi connectivity index (χ0) is 17.5. The van der Waals surface area contributed by atoms with E-state index < -0.39 is 0 Å². The molecular weight excluding hydrogens is 292 g/mol. The molecule has 0 atom stereocenters. The summed E-state index contributed by atoms with van der Waals surface area (Å²) in [5, 5.41) is 7.90. The maximum atomic E-state index is 11.6. The van der Waals surface area contributed by atoms with Gasteiger partial charge >= 0.3 is 0 Å². The average Bonchev–Trinajstić information content (AvgIpc) is 2.55. The van der Waals surface area contributed by atoms with Crippen LogP contribution in [0, 0.1) is 11.8 Å². The maximum absolute atomic E-state index is 11.6. The number of amides is 2. The predicted molar refractivity (Wildman–Crippen MR) is 95.3 cm³/mol. The van der Waals surface area contributed by atoms with E-state index in [2.05, 4.69) is 48.7 Å². The molecule has 2 amide bonds. The second kappa shape index (κ2) is 13.9. The topological polar surface area (TPSA) is 82.9 Å². The molecule has 0 aliphatic carbocycles. The standard InChI is InChI=1S/C17H32N4O2/c1-5-14(6-2)12-18-20-16(22)10-9-11-17(23)21-19-13-15(7-3)8-4/h12-15H,5-11H2,1-4H3,(H,20,22)(H,21,23)/b18-12-,19-13-. The van der Waals surface area contributed by atoms with E-state index in [-0.39, 0.29) is 24.7 Å². The largest absolute Gasteiger partial charge is 0.273 e. The third-order valence-electron chi connectivity index (χ3n) is 3.85. The van der Waals surface area contributed by atoms with Gasteiger partial charge in [-0.15, -0.1) is 0 Å². The SMILES string of the molecule is CCC(/C=N\NC(=O)CCCC(=O)N/N=C\C(CC)CC)CC. The zero-order valence-corrected chi connectivity index (χ0v) is 15.0. The summed E-state index contributed by atoms with van der Waals surface area (Å²) in [5.74, 6) is 0.462. The van der Waals surface area contributed by atoms with Gasteiger partial charge < -0.3 is 0 Å². The number of carbonyl (C=O) groups is 2. The van der Waals surface area contributed by atoms with E-state index in [1.54, 1.807) is 12.4 Å². The van der Waals surface area contributed by atoms with Crippen LogP contribution in [0.1, 0.15) is 72.6 Å². The highest BCUT2D eigenvalue weighted by Gasteiger charge is 2.05. The molecule has 132 valence electrons. The second-order valence-electron chi connectivity index (χ2n) is 5.63. The van der Waals surface area contributed by atoms with Gasteiger partial charge in [0.15, 0.2) is 0 Å². The molecular formula is C17H32N4O2. The molecule has 23 heavy (non-hydrogen) atoms. The molecule has 0 aromatic rings. The normalized spacial score (nSPS) is 11.7. The van der Waals surface area contributed by atoms with Gasteiger partial charge in [0.2, 0.25) is 11.8 Å². The summed E-state index contributed by atoms with van der Waals surface area (Å²) in [7, 11) is 0. The summed E-state index contributed by atoms with van der Waals surface area (Å²) in [6.07, 6.45) is 8.63. The van der Waals surface area contributed by atoms with Crippen molar-refractivity contribution in [3.63, 3.8) is 0 Å². The first-order valence-electron chi connectivity index (χ1n) is 8.71. The lowest BCUT2D eigenvalue weighted by atomic mass is 10.1. The number of rotatable bonds is 12. The zero-order valence-electron chi connectivity index (χ0n) is 15.0. The van der Waals surface area contributed by atoms with Gasteiger partial charge in [0.25, 0.3) is 0 Å². The summed E-state index contributed by atoms with van der Waals surface area (Å²) in [4.78, 5) is 23.2.